The summed E-state index contributed by atoms with van der Waals surface area (Å²) in [7, 11) is 0. The Hall–Kier alpha value is -1.84. The Balaban J connectivity index is 1.92. The van der Waals surface area contributed by atoms with E-state index in [1.165, 1.54) is 5.56 Å². The third-order valence-corrected chi connectivity index (χ3v) is 4.17. The quantitative estimate of drug-likeness (QED) is 0.618. The molecular formula is C16H10Cl2N2O. The van der Waals surface area contributed by atoms with Gasteiger partial charge in [-0.15, -0.1) is 0 Å². The second-order valence-corrected chi connectivity index (χ2v) is 5.66. The number of ether oxygens (including phenoxy) is 1. The SMILES string of the molecule is Clc1nc(-c2ccc3c(c2)CCO3)nc2c(Cl)cccc12. The molecule has 0 aliphatic carbocycles. The molecule has 1 aliphatic rings. The van der Waals surface area contributed by atoms with Crippen LogP contribution in [0.1, 0.15) is 5.56 Å². The molecule has 104 valence electrons. The van der Waals surface area contributed by atoms with Gasteiger partial charge < -0.3 is 4.74 Å². The maximum Gasteiger partial charge on any atom is 0.161 e. The highest BCUT2D eigenvalue weighted by Gasteiger charge is 2.15. The van der Waals surface area contributed by atoms with Gasteiger partial charge in [0.25, 0.3) is 0 Å². The van der Waals surface area contributed by atoms with Gasteiger partial charge >= 0.3 is 0 Å². The second kappa shape index (κ2) is 4.86. The van der Waals surface area contributed by atoms with Crippen molar-refractivity contribution in [2.45, 2.75) is 6.42 Å². The summed E-state index contributed by atoms with van der Waals surface area (Å²) in [4.78, 5) is 8.96. The molecule has 3 aromatic rings. The Morgan fingerprint density at radius 1 is 1.05 bits per heavy atom. The van der Waals surface area contributed by atoms with Crippen molar-refractivity contribution < 1.29 is 4.74 Å². The Morgan fingerprint density at radius 2 is 1.95 bits per heavy atom. The molecule has 0 atom stereocenters. The largest absolute Gasteiger partial charge is 0.493 e. The number of para-hydroxylation sites is 1. The van der Waals surface area contributed by atoms with Gasteiger partial charge in [0, 0.05) is 17.4 Å². The van der Waals surface area contributed by atoms with Crippen LogP contribution in [0.3, 0.4) is 0 Å². The Labute approximate surface area is 131 Å². The summed E-state index contributed by atoms with van der Waals surface area (Å²) in [5.41, 5.74) is 2.76. The number of aromatic nitrogens is 2. The lowest BCUT2D eigenvalue weighted by molar-refractivity contribution is 0.357. The first-order chi connectivity index (χ1) is 10.2. The fourth-order valence-electron chi connectivity index (χ4n) is 2.53. The number of halogens is 2. The van der Waals surface area contributed by atoms with Crippen molar-refractivity contribution in [2.75, 3.05) is 6.61 Å². The normalized spacial score (nSPS) is 13.2. The summed E-state index contributed by atoms with van der Waals surface area (Å²) in [6, 6.07) is 11.4. The molecule has 0 bridgehead atoms. The van der Waals surface area contributed by atoms with E-state index in [9.17, 15) is 0 Å². The molecule has 0 spiro atoms. The molecule has 0 unspecified atom stereocenters. The molecule has 2 heterocycles. The van der Waals surface area contributed by atoms with Crippen molar-refractivity contribution in [1.82, 2.24) is 9.97 Å². The molecule has 5 heteroatoms. The minimum Gasteiger partial charge on any atom is -0.493 e. The van der Waals surface area contributed by atoms with Crippen molar-refractivity contribution in [3.05, 3.63) is 52.1 Å². The van der Waals surface area contributed by atoms with Gasteiger partial charge in [0.05, 0.1) is 17.1 Å². The van der Waals surface area contributed by atoms with Crippen LogP contribution in [0, 0.1) is 0 Å². The predicted molar refractivity (Wildman–Crippen MR) is 84.2 cm³/mol. The van der Waals surface area contributed by atoms with Crippen LogP contribution in [0.2, 0.25) is 10.2 Å². The highest BCUT2D eigenvalue weighted by Crippen LogP contribution is 2.32. The zero-order chi connectivity index (χ0) is 14.4. The molecule has 0 fully saturated rings. The lowest BCUT2D eigenvalue weighted by Crippen LogP contribution is -1.93. The van der Waals surface area contributed by atoms with Crippen LogP contribution >= 0.6 is 23.2 Å². The van der Waals surface area contributed by atoms with E-state index >= 15 is 0 Å². The lowest BCUT2D eigenvalue weighted by Gasteiger charge is -2.07. The molecule has 1 aromatic heterocycles. The fourth-order valence-corrected chi connectivity index (χ4v) is 2.98. The van der Waals surface area contributed by atoms with E-state index in [1.807, 2.05) is 24.3 Å². The van der Waals surface area contributed by atoms with Gasteiger partial charge in [0.1, 0.15) is 10.9 Å². The molecule has 4 rings (SSSR count). The maximum absolute atomic E-state index is 6.27. The molecule has 3 nitrogen and oxygen atoms in total. The fraction of sp³-hybridized carbons (Fsp3) is 0.125. The molecule has 1 aliphatic heterocycles. The van der Waals surface area contributed by atoms with Crippen molar-refractivity contribution >= 4 is 34.1 Å². The molecule has 0 saturated heterocycles. The summed E-state index contributed by atoms with van der Waals surface area (Å²) >= 11 is 12.5. The summed E-state index contributed by atoms with van der Waals surface area (Å²) in [5.74, 6) is 1.51. The average molecular weight is 317 g/mol. The zero-order valence-corrected chi connectivity index (χ0v) is 12.4. The average Bonchev–Trinajstić information content (AvgIpc) is 2.95. The van der Waals surface area contributed by atoms with Crippen molar-refractivity contribution in [3.8, 4) is 17.1 Å². The Morgan fingerprint density at radius 3 is 2.86 bits per heavy atom. The van der Waals surface area contributed by atoms with Crippen molar-refractivity contribution in [3.63, 3.8) is 0 Å². The van der Waals surface area contributed by atoms with Crippen LogP contribution in [0.4, 0.5) is 0 Å². The molecule has 0 saturated carbocycles. The van der Waals surface area contributed by atoms with E-state index in [2.05, 4.69) is 16.0 Å². The van der Waals surface area contributed by atoms with Crippen molar-refractivity contribution in [2.24, 2.45) is 0 Å². The Kier molecular flexibility index (Phi) is 2.98. The molecule has 0 radical (unpaired) electrons. The molecule has 0 N–H and O–H groups in total. The van der Waals surface area contributed by atoms with Crippen molar-refractivity contribution in [1.29, 1.82) is 0 Å². The first-order valence-electron chi connectivity index (χ1n) is 6.60. The van der Waals surface area contributed by atoms with E-state index in [-0.39, 0.29) is 0 Å². The van der Waals surface area contributed by atoms with Gasteiger partial charge in [-0.1, -0.05) is 29.3 Å². The topological polar surface area (TPSA) is 35.0 Å². The van der Waals surface area contributed by atoms with Crippen LogP contribution in [-0.4, -0.2) is 16.6 Å². The first kappa shape index (κ1) is 12.9. The summed E-state index contributed by atoms with van der Waals surface area (Å²) < 4.78 is 5.51. The lowest BCUT2D eigenvalue weighted by atomic mass is 10.1. The highest BCUT2D eigenvalue weighted by molar-refractivity contribution is 6.38. The van der Waals surface area contributed by atoms with Gasteiger partial charge in [0.2, 0.25) is 0 Å². The number of hydrogen-bond donors (Lipinski definition) is 0. The maximum atomic E-state index is 6.27. The molecule has 2 aromatic carbocycles. The molecule has 0 amide bonds. The van der Waals surface area contributed by atoms with Gasteiger partial charge in [-0.2, -0.15) is 0 Å². The van der Waals surface area contributed by atoms with E-state index in [4.69, 9.17) is 27.9 Å². The highest BCUT2D eigenvalue weighted by atomic mass is 35.5. The number of hydrogen-bond acceptors (Lipinski definition) is 3. The van der Waals surface area contributed by atoms with Gasteiger partial charge in [-0.3, -0.25) is 0 Å². The van der Waals surface area contributed by atoms with Crippen LogP contribution in [0.25, 0.3) is 22.3 Å². The number of rotatable bonds is 1. The minimum atomic E-state index is 0.411. The van der Waals surface area contributed by atoms with Crippen LogP contribution in [0.15, 0.2) is 36.4 Å². The van der Waals surface area contributed by atoms with Crippen LogP contribution < -0.4 is 4.74 Å². The molecular weight excluding hydrogens is 307 g/mol. The third-order valence-electron chi connectivity index (χ3n) is 3.58. The Bertz CT molecular complexity index is 864. The number of benzene rings is 2. The summed E-state index contributed by atoms with van der Waals surface area (Å²) in [6.45, 7) is 0.726. The predicted octanol–water partition coefficient (Wildman–Crippen LogP) is 4.54. The number of nitrogens with zero attached hydrogens (tertiary/aromatic N) is 2. The van der Waals surface area contributed by atoms with E-state index < -0.39 is 0 Å². The van der Waals surface area contributed by atoms with E-state index in [1.54, 1.807) is 6.07 Å². The first-order valence-corrected chi connectivity index (χ1v) is 7.36. The minimum absolute atomic E-state index is 0.411. The van der Waals surface area contributed by atoms with E-state index in [0.29, 0.717) is 21.5 Å². The summed E-state index contributed by atoms with van der Waals surface area (Å²) in [5, 5.41) is 1.74. The number of fused-ring (bicyclic) bond motifs is 2. The smallest absolute Gasteiger partial charge is 0.161 e. The van der Waals surface area contributed by atoms with Gasteiger partial charge in [-0.25, -0.2) is 9.97 Å². The van der Waals surface area contributed by atoms with Gasteiger partial charge in [-0.05, 0) is 35.9 Å². The zero-order valence-electron chi connectivity index (χ0n) is 10.9. The standard InChI is InChI=1S/C16H10Cl2N2O/c17-12-3-1-2-11-14(12)19-16(20-15(11)18)10-4-5-13-9(8-10)6-7-21-13/h1-5,8H,6-7H2. The van der Waals surface area contributed by atoms with E-state index in [0.717, 1.165) is 29.7 Å². The van der Waals surface area contributed by atoms with Crippen LogP contribution in [0.5, 0.6) is 5.75 Å². The molecule has 21 heavy (non-hydrogen) atoms. The van der Waals surface area contributed by atoms with Gasteiger partial charge in [0.15, 0.2) is 5.82 Å². The summed E-state index contributed by atoms with van der Waals surface area (Å²) in [6.07, 6.45) is 0.908. The monoisotopic (exact) mass is 316 g/mol. The van der Waals surface area contributed by atoms with Crippen LogP contribution in [-0.2, 0) is 6.42 Å². The second-order valence-electron chi connectivity index (χ2n) is 4.89. The third kappa shape index (κ3) is 2.13.